The molecule has 11 N–H and O–H groups in total. The first-order valence-corrected chi connectivity index (χ1v) is 17.4. The zero-order valence-electron chi connectivity index (χ0n) is 29.0. The molecule has 282 valence electrons. The number of nitrogens with zero attached hydrogens (tertiary/aromatic N) is 2. The predicted octanol–water partition coefficient (Wildman–Crippen LogP) is -2.12. The molecule has 53 heavy (non-hydrogen) atoms. The topological polar surface area (TPSA) is 273 Å². The molecule has 0 aromatic heterocycles. The van der Waals surface area contributed by atoms with Crippen molar-refractivity contribution in [1.29, 1.82) is 5.41 Å². The van der Waals surface area contributed by atoms with Gasteiger partial charge in [-0.15, -0.1) is 0 Å². The Morgan fingerprint density at radius 1 is 1.02 bits per heavy atom. The Bertz CT molecular complexity index is 1760. The van der Waals surface area contributed by atoms with Gasteiger partial charge < -0.3 is 47.4 Å². The van der Waals surface area contributed by atoms with E-state index in [0.29, 0.717) is 12.8 Å². The summed E-state index contributed by atoms with van der Waals surface area (Å²) in [6.45, 7) is -0.500. The van der Waals surface area contributed by atoms with Crippen LogP contribution >= 0.6 is 0 Å². The highest BCUT2D eigenvalue weighted by Crippen LogP contribution is 2.31. The second kappa shape index (κ2) is 16.4. The summed E-state index contributed by atoms with van der Waals surface area (Å²) in [5.74, 6) is -4.41. The summed E-state index contributed by atoms with van der Waals surface area (Å²) >= 11 is 0. The van der Waals surface area contributed by atoms with Gasteiger partial charge in [0.1, 0.15) is 11.8 Å². The number of guanidine groups is 1. The summed E-state index contributed by atoms with van der Waals surface area (Å²) in [4.78, 5) is 82.9. The molecule has 0 radical (unpaired) electrons. The van der Waals surface area contributed by atoms with Crippen molar-refractivity contribution in [3.8, 4) is 5.75 Å². The number of fused-ring (bicyclic) bond motifs is 1. The Labute approximate surface area is 305 Å². The summed E-state index contributed by atoms with van der Waals surface area (Å²) < 4.78 is 0. The van der Waals surface area contributed by atoms with E-state index in [0.717, 1.165) is 22.1 Å². The molecular weight excluding hydrogens is 686 g/mol. The van der Waals surface area contributed by atoms with E-state index < -0.39 is 71.4 Å². The standard InChI is InChI=1S/C36H45N9O8/c37-24(18-23-10-13-25(47)14-11-23)12-15-29(48)35(41-21-46,20-40-30(49)26(38)19-22-6-2-1-3-7-22)33(52)44-16-4-8-27(44)31(50)42-28-9-5-17-45-34(39)43-32(51)36(28,45)53/h1-3,6-7,10-15,21,24,26-28,47,53H,4-5,8-9,16-20,37-38H2,(H,40,49)(H,41,46)(H,42,50)(H2,39,43,51). The number of carbonyl (C=O) groups excluding carboxylic acids is 6. The van der Waals surface area contributed by atoms with Crippen LogP contribution < -0.4 is 32.7 Å². The number of phenolic OH excluding ortho intramolecular Hbond substituents is 1. The van der Waals surface area contributed by atoms with Crippen LogP contribution in [0.15, 0.2) is 66.7 Å². The minimum absolute atomic E-state index is 0.00419. The van der Waals surface area contributed by atoms with Gasteiger partial charge in [-0.25, -0.2) is 0 Å². The zero-order valence-corrected chi connectivity index (χ0v) is 29.0. The van der Waals surface area contributed by atoms with Crippen molar-refractivity contribution in [1.82, 2.24) is 31.1 Å². The van der Waals surface area contributed by atoms with Gasteiger partial charge in [-0.05, 0) is 67.9 Å². The maximum atomic E-state index is 14.6. The number of piperidine rings is 1. The molecule has 17 nitrogen and oxygen atoms in total. The molecule has 2 aromatic rings. The fourth-order valence-corrected chi connectivity index (χ4v) is 7.00. The van der Waals surface area contributed by atoms with Crippen LogP contribution in [0.5, 0.6) is 5.75 Å². The van der Waals surface area contributed by atoms with Crippen molar-refractivity contribution in [2.75, 3.05) is 19.6 Å². The lowest BCUT2D eigenvalue weighted by Crippen LogP contribution is -2.70. The van der Waals surface area contributed by atoms with E-state index in [1.165, 1.54) is 23.1 Å². The highest BCUT2D eigenvalue weighted by molar-refractivity contribution is 6.17. The van der Waals surface area contributed by atoms with E-state index in [-0.39, 0.29) is 56.9 Å². The highest BCUT2D eigenvalue weighted by Gasteiger charge is 2.58. The SMILES string of the molecule is N=C1NC(=O)C2(O)C(NC(=O)C3CCCN3C(=O)C(CNC(=O)C(N)Cc3ccccc3)(NC=O)C(=O)C=CC(N)Cc3ccc(O)cc3)CCCN12. The fourth-order valence-electron chi connectivity index (χ4n) is 7.00. The van der Waals surface area contributed by atoms with Crippen molar-refractivity contribution >= 4 is 41.8 Å². The second-order valence-electron chi connectivity index (χ2n) is 13.5. The Morgan fingerprint density at radius 2 is 1.70 bits per heavy atom. The number of hydrogen-bond acceptors (Lipinski definition) is 11. The number of aliphatic hydroxyl groups is 1. The molecular formula is C36H45N9O8. The van der Waals surface area contributed by atoms with Crippen molar-refractivity contribution in [2.45, 2.75) is 74.0 Å². The Morgan fingerprint density at radius 3 is 2.40 bits per heavy atom. The summed E-state index contributed by atoms with van der Waals surface area (Å²) in [7, 11) is 0. The molecule has 5 rings (SSSR count). The number of nitrogens with two attached hydrogens (primary N) is 2. The van der Waals surface area contributed by atoms with Gasteiger partial charge in [-0.2, -0.15) is 0 Å². The van der Waals surface area contributed by atoms with E-state index in [9.17, 15) is 39.0 Å². The zero-order chi connectivity index (χ0) is 38.3. The van der Waals surface area contributed by atoms with Crippen LogP contribution in [0.25, 0.3) is 0 Å². The molecule has 5 amide bonds. The van der Waals surface area contributed by atoms with E-state index in [1.54, 1.807) is 36.4 Å². The van der Waals surface area contributed by atoms with Gasteiger partial charge in [0.05, 0.1) is 18.6 Å². The van der Waals surface area contributed by atoms with Crippen LogP contribution in [0, 0.1) is 5.41 Å². The lowest BCUT2D eigenvalue weighted by atomic mass is 9.89. The molecule has 0 spiro atoms. The minimum Gasteiger partial charge on any atom is -0.508 e. The van der Waals surface area contributed by atoms with Crippen LogP contribution in [0.4, 0.5) is 0 Å². The first-order valence-electron chi connectivity index (χ1n) is 17.4. The Balaban J connectivity index is 1.39. The van der Waals surface area contributed by atoms with Crippen LogP contribution in [-0.2, 0) is 41.6 Å². The van der Waals surface area contributed by atoms with E-state index in [4.69, 9.17) is 16.9 Å². The van der Waals surface area contributed by atoms with Gasteiger partial charge in [-0.1, -0.05) is 48.5 Å². The number of hydrogen-bond donors (Lipinski definition) is 9. The molecule has 0 bridgehead atoms. The van der Waals surface area contributed by atoms with Crippen LogP contribution in [0.3, 0.4) is 0 Å². The predicted molar refractivity (Wildman–Crippen MR) is 190 cm³/mol. The molecule has 17 heteroatoms. The minimum atomic E-state index is -2.43. The van der Waals surface area contributed by atoms with Gasteiger partial charge in [0.15, 0.2) is 11.3 Å². The molecule has 3 aliphatic heterocycles. The van der Waals surface area contributed by atoms with E-state index in [2.05, 4.69) is 21.3 Å². The van der Waals surface area contributed by atoms with Crippen LogP contribution in [0.2, 0.25) is 0 Å². The number of nitrogens with one attached hydrogen (secondary N) is 5. The molecule has 0 aliphatic carbocycles. The number of aromatic hydroxyl groups is 1. The monoisotopic (exact) mass is 731 g/mol. The third kappa shape index (κ3) is 8.21. The Kier molecular flexibility index (Phi) is 11.9. The number of ketones is 1. The average Bonchev–Trinajstić information content (AvgIpc) is 3.72. The van der Waals surface area contributed by atoms with E-state index >= 15 is 0 Å². The number of carbonyl (C=O) groups is 6. The fraction of sp³-hybridized carbons (Fsp3) is 0.417. The number of amides is 5. The van der Waals surface area contributed by atoms with E-state index in [1.807, 2.05) is 6.07 Å². The summed E-state index contributed by atoms with van der Waals surface area (Å²) in [6.07, 6.45) is 4.10. The van der Waals surface area contributed by atoms with Gasteiger partial charge in [0.25, 0.3) is 11.8 Å². The normalized spacial score (nSPS) is 23.4. The maximum absolute atomic E-state index is 14.6. The van der Waals surface area contributed by atoms with Crippen molar-refractivity contribution in [2.24, 2.45) is 11.5 Å². The third-order valence-corrected chi connectivity index (χ3v) is 9.90. The maximum Gasteiger partial charge on any atom is 0.282 e. The molecule has 3 aliphatic rings. The van der Waals surface area contributed by atoms with Crippen molar-refractivity contribution in [3.05, 3.63) is 77.9 Å². The van der Waals surface area contributed by atoms with Gasteiger partial charge in [0, 0.05) is 19.1 Å². The van der Waals surface area contributed by atoms with Crippen LogP contribution in [-0.4, -0.2) is 117 Å². The largest absolute Gasteiger partial charge is 0.508 e. The molecule has 3 heterocycles. The lowest BCUT2D eigenvalue weighted by Gasteiger charge is -2.42. The van der Waals surface area contributed by atoms with Gasteiger partial charge >= 0.3 is 0 Å². The first kappa shape index (κ1) is 38.6. The van der Waals surface area contributed by atoms with Gasteiger partial charge in [-0.3, -0.25) is 39.5 Å². The van der Waals surface area contributed by atoms with Crippen LogP contribution in [0.1, 0.15) is 36.8 Å². The lowest BCUT2D eigenvalue weighted by molar-refractivity contribution is -0.161. The highest BCUT2D eigenvalue weighted by atomic mass is 16.3. The Hall–Kier alpha value is -5.65. The number of benzene rings is 2. The number of likely N-dealkylation sites (tertiary alicyclic amines) is 1. The third-order valence-electron chi connectivity index (χ3n) is 9.90. The summed E-state index contributed by atoms with van der Waals surface area (Å²) in [6, 6.07) is 11.1. The van der Waals surface area contributed by atoms with Gasteiger partial charge in [0.2, 0.25) is 29.9 Å². The van der Waals surface area contributed by atoms with Crippen molar-refractivity contribution < 1.29 is 39.0 Å². The molecule has 3 saturated heterocycles. The molecule has 3 fully saturated rings. The number of rotatable bonds is 15. The van der Waals surface area contributed by atoms with Crippen molar-refractivity contribution in [3.63, 3.8) is 0 Å². The smallest absolute Gasteiger partial charge is 0.282 e. The first-order chi connectivity index (χ1) is 25.3. The second-order valence-corrected chi connectivity index (χ2v) is 13.5. The summed E-state index contributed by atoms with van der Waals surface area (Å²) in [5, 5.41) is 38.8. The summed E-state index contributed by atoms with van der Waals surface area (Å²) in [5.41, 5.74) is 9.34. The molecule has 6 unspecified atom stereocenters. The average molecular weight is 732 g/mol. The molecule has 0 saturated carbocycles. The molecule has 6 atom stereocenters. The quantitative estimate of drug-likeness (QED) is 0.0543. The molecule has 2 aromatic carbocycles. The number of phenols is 1.